The second-order valence-corrected chi connectivity index (χ2v) is 5.65. The number of nitrogens with one attached hydrogen (secondary N) is 1. The Morgan fingerprint density at radius 2 is 2.33 bits per heavy atom. The van der Waals surface area contributed by atoms with Gasteiger partial charge in [-0.05, 0) is 19.1 Å². The molecule has 7 heteroatoms. The summed E-state index contributed by atoms with van der Waals surface area (Å²) in [7, 11) is 0. The maximum Gasteiger partial charge on any atom is 0.208 e. The fourth-order valence-corrected chi connectivity index (χ4v) is 2.96. The smallest absolute Gasteiger partial charge is 0.208 e. The molecule has 0 atom stereocenters. The number of imidazole rings is 1. The fourth-order valence-electron chi connectivity index (χ4n) is 2.96. The summed E-state index contributed by atoms with van der Waals surface area (Å²) >= 11 is 0. The number of hydrogen-bond acceptors (Lipinski definition) is 5. The molecular weight excluding hydrogens is 309 g/mol. The highest BCUT2D eigenvalue weighted by atomic mass is 19.1. The summed E-state index contributed by atoms with van der Waals surface area (Å²) in [6.45, 7) is 2.73. The van der Waals surface area contributed by atoms with E-state index in [2.05, 4.69) is 15.3 Å². The molecule has 0 unspecified atom stereocenters. The molecule has 1 aliphatic heterocycles. The second kappa shape index (κ2) is 5.49. The SMILES string of the molecule is Cc1cnc(NCc2c(F)ccc3c2CCO3)n2cc(C#N)nc12. The van der Waals surface area contributed by atoms with E-state index in [9.17, 15) is 4.39 Å². The van der Waals surface area contributed by atoms with Gasteiger partial charge in [0.1, 0.15) is 23.3 Å². The Morgan fingerprint density at radius 1 is 1.46 bits per heavy atom. The molecule has 0 fully saturated rings. The van der Waals surface area contributed by atoms with Gasteiger partial charge in [-0.1, -0.05) is 0 Å². The summed E-state index contributed by atoms with van der Waals surface area (Å²) in [5, 5.41) is 12.2. The molecule has 0 spiro atoms. The summed E-state index contributed by atoms with van der Waals surface area (Å²) in [5.41, 5.74) is 3.32. The Bertz CT molecular complexity index is 989. The molecular formula is C17H14FN5O. The van der Waals surface area contributed by atoms with Crippen LogP contribution in [-0.4, -0.2) is 21.0 Å². The van der Waals surface area contributed by atoms with Crippen LogP contribution in [0.25, 0.3) is 5.65 Å². The third-order valence-corrected chi connectivity index (χ3v) is 4.15. The number of fused-ring (bicyclic) bond motifs is 2. The first kappa shape index (κ1) is 14.5. The maximum atomic E-state index is 14.2. The van der Waals surface area contributed by atoms with E-state index < -0.39 is 0 Å². The first-order valence-electron chi connectivity index (χ1n) is 7.59. The Kier molecular flexibility index (Phi) is 3.31. The van der Waals surface area contributed by atoms with E-state index in [1.807, 2.05) is 13.0 Å². The molecule has 0 bridgehead atoms. The number of hydrogen-bond donors (Lipinski definition) is 1. The van der Waals surface area contributed by atoms with Gasteiger partial charge in [-0.15, -0.1) is 0 Å². The molecule has 0 amide bonds. The lowest BCUT2D eigenvalue weighted by molar-refractivity contribution is 0.356. The topological polar surface area (TPSA) is 75.2 Å². The Morgan fingerprint density at radius 3 is 3.17 bits per heavy atom. The van der Waals surface area contributed by atoms with Gasteiger partial charge < -0.3 is 10.1 Å². The zero-order chi connectivity index (χ0) is 16.7. The van der Waals surface area contributed by atoms with Gasteiger partial charge in [-0.3, -0.25) is 4.40 Å². The highest BCUT2D eigenvalue weighted by molar-refractivity contribution is 5.54. The molecule has 6 nitrogen and oxygen atoms in total. The second-order valence-electron chi connectivity index (χ2n) is 5.65. The summed E-state index contributed by atoms with van der Waals surface area (Å²) in [6.07, 6.45) is 4.00. The van der Waals surface area contributed by atoms with Gasteiger partial charge in [0.05, 0.1) is 12.8 Å². The summed E-state index contributed by atoms with van der Waals surface area (Å²) < 4.78 is 21.4. The molecule has 24 heavy (non-hydrogen) atoms. The molecule has 0 radical (unpaired) electrons. The van der Waals surface area contributed by atoms with Crippen LogP contribution in [0, 0.1) is 24.1 Å². The van der Waals surface area contributed by atoms with Crippen LogP contribution < -0.4 is 10.1 Å². The van der Waals surface area contributed by atoms with Gasteiger partial charge in [-0.2, -0.15) is 5.26 Å². The van der Waals surface area contributed by atoms with Crippen molar-refractivity contribution in [3.8, 4) is 11.8 Å². The minimum atomic E-state index is -0.265. The van der Waals surface area contributed by atoms with E-state index in [0.717, 1.165) is 16.9 Å². The lowest BCUT2D eigenvalue weighted by Crippen LogP contribution is -2.09. The highest BCUT2D eigenvalue weighted by Crippen LogP contribution is 2.30. The normalized spacial score (nSPS) is 12.7. The number of nitrogens with zero attached hydrogens (tertiary/aromatic N) is 4. The third-order valence-electron chi connectivity index (χ3n) is 4.15. The number of ether oxygens (including phenoxy) is 1. The molecule has 120 valence electrons. The zero-order valence-electron chi connectivity index (χ0n) is 13.0. The monoisotopic (exact) mass is 323 g/mol. The molecule has 1 aliphatic rings. The van der Waals surface area contributed by atoms with Crippen molar-refractivity contribution < 1.29 is 9.13 Å². The van der Waals surface area contributed by atoms with Crippen molar-refractivity contribution >= 4 is 11.6 Å². The van der Waals surface area contributed by atoms with E-state index in [-0.39, 0.29) is 12.4 Å². The molecule has 3 aromatic rings. The number of rotatable bonds is 3. The van der Waals surface area contributed by atoms with Crippen molar-refractivity contribution in [2.75, 3.05) is 11.9 Å². The van der Waals surface area contributed by atoms with Gasteiger partial charge in [0.2, 0.25) is 5.95 Å². The van der Waals surface area contributed by atoms with Crippen molar-refractivity contribution in [1.29, 1.82) is 5.26 Å². The average Bonchev–Trinajstić information content (AvgIpc) is 3.22. The van der Waals surface area contributed by atoms with E-state index in [4.69, 9.17) is 10.00 Å². The highest BCUT2D eigenvalue weighted by Gasteiger charge is 2.19. The van der Waals surface area contributed by atoms with Crippen LogP contribution in [0.1, 0.15) is 22.4 Å². The molecule has 2 aromatic heterocycles. The number of aryl methyl sites for hydroxylation is 1. The summed E-state index contributed by atoms with van der Waals surface area (Å²) in [5.74, 6) is 0.989. The van der Waals surface area contributed by atoms with Gasteiger partial charge in [0, 0.05) is 35.9 Å². The van der Waals surface area contributed by atoms with Crippen LogP contribution in [0.5, 0.6) is 5.75 Å². The molecule has 0 saturated carbocycles. The predicted octanol–water partition coefficient (Wildman–Crippen LogP) is 2.60. The molecule has 1 N–H and O–H groups in total. The van der Waals surface area contributed by atoms with E-state index in [1.165, 1.54) is 6.07 Å². The van der Waals surface area contributed by atoms with E-state index >= 15 is 0 Å². The van der Waals surface area contributed by atoms with Crippen molar-refractivity contribution in [1.82, 2.24) is 14.4 Å². The largest absolute Gasteiger partial charge is 0.493 e. The Hall–Kier alpha value is -3.14. The Labute approximate surface area is 137 Å². The lowest BCUT2D eigenvalue weighted by atomic mass is 10.0. The molecule has 0 saturated heterocycles. The van der Waals surface area contributed by atoms with Gasteiger partial charge in [-0.25, -0.2) is 14.4 Å². The average molecular weight is 323 g/mol. The van der Waals surface area contributed by atoms with Crippen molar-refractivity contribution in [3.63, 3.8) is 0 Å². The summed E-state index contributed by atoms with van der Waals surface area (Å²) in [6, 6.07) is 5.11. The van der Waals surface area contributed by atoms with Crippen LogP contribution in [0.15, 0.2) is 24.5 Å². The van der Waals surface area contributed by atoms with Crippen LogP contribution in [0.3, 0.4) is 0 Å². The number of anilines is 1. The molecule has 0 aliphatic carbocycles. The van der Waals surface area contributed by atoms with Gasteiger partial charge in [0.25, 0.3) is 0 Å². The standard InChI is InChI=1S/C17H14FN5O/c1-10-7-20-17(23-9-11(6-19)22-16(10)23)21-8-13-12-4-5-24-15(12)3-2-14(13)18/h2-3,7,9H,4-5,8H2,1H3,(H,20,21). The zero-order valence-corrected chi connectivity index (χ0v) is 13.0. The lowest BCUT2D eigenvalue weighted by Gasteiger charge is -2.12. The van der Waals surface area contributed by atoms with Crippen molar-refractivity contribution in [3.05, 3.63) is 52.7 Å². The van der Waals surface area contributed by atoms with Crippen molar-refractivity contribution in [2.24, 2.45) is 0 Å². The number of aromatic nitrogens is 3. The minimum absolute atomic E-state index is 0.265. The van der Waals surface area contributed by atoms with Crippen LogP contribution in [0.2, 0.25) is 0 Å². The molecule has 3 heterocycles. The fraction of sp³-hybridized carbons (Fsp3) is 0.235. The first-order valence-corrected chi connectivity index (χ1v) is 7.59. The van der Waals surface area contributed by atoms with Crippen LogP contribution in [-0.2, 0) is 13.0 Å². The molecule has 4 rings (SSSR count). The van der Waals surface area contributed by atoms with Crippen LogP contribution in [0.4, 0.5) is 10.3 Å². The van der Waals surface area contributed by atoms with E-state index in [0.29, 0.717) is 35.9 Å². The first-order chi connectivity index (χ1) is 11.7. The predicted molar refractivity (Wildman–Crippen MR) is 85.4 cm³/mol. The summed E-state index contributed by atoms with van der Waals surface area (Å²) in [4.78, 5) is 8.59. The number of halogens is 1. The Balaban J connectivity index is 1.69. The molecule has 1 aromatic carbocycles. The quantitative estimate of drug-likeness (QED) is 0.802. The minimum Gasteiger partial charge on any atom is -0.493 e. The third kappa shape index (κ3) is 2.24. The van der Waals surface area contributed by atoms with Gasteiger partial charge in [0.15, 0.2) is 5.69 Å². The number of nitriles is 1. The van der Waals surface area contributed by atoms with Crippen LogP contribution >= 0.6 is 0 Å². The number of benzene rings is 1. The van der Waals surface area contributed by atoms with Gasteiger partial charge >= 0.3 is 0 Å². The van der Waals surface area contributed by atoms with Crippen molar-refractivity contribution in [2.45, 2.75) is 19.9 Å². The maximum absolute atomic E-state index is 14.2. The van der Waals surface area contributed by atoms with E-state index in [1.54, 1.807) is 22.9 Å².